The molecule has 2 saturated heterocycles. The number of hydrogen-bond acceptors (Lipinski definition) is 8. The molecule has 0 saturated carbocycles. The molecule has 0 aliphatic carbocycles. The summed E-state index contributed by atoms with van der Waals surface area (Å²) in [6.45, 7) is 12.5. The molecule has 2 aromatic rings. The van der Waals surface area contributed by atoms with Crippen molar-refractivity contribution in [3.63, 3.8) is 0 Å². The van der Waals surface area contributed by atoms with Gasteiger partial charge in [-0.05, 0) is 29.3 Å². The molecule has 0 amide bonds. The Morgan fingerprint density at radius 2 is 1.37 bits per heavy atom. The molecule has 2 aliphatic heterocycles. The van der Waals surface area contributed by atoms with Crippen LogP contribution in [0.5, 0.6) is 0 Å². The molecule has 228 valence electrons. The molecule has 2 heterocycles. The number of ether oxygens (including phenoxy) is 6. The zero-order valence-corrected chi connectivity index (χ0v) is 26.5. The summed E-state index contributed by atoms with van der Waals surface area (Å²) in [6.07, 6.45) is -3.62. The zero-order valence-electron chi connectivity index (χ0n) is 24.8. The van der Waals surface area contributed by atoms with Crippen molar-refractivity contribution in [2.24, 2.45) is 0 Å². The normalized spacial score (nSPS) is 26.2. The first-order chi connectivity index (χ1) is 19.6. The van der Waals surface area contributed by atoms with Crippen LogP contribution in [0.15, 0.2) is 60.7 Å². The molecule has 4 rings (SSSR count). The van der Waals surface area contributed by atoms with E-state index in [1.54, 1.807) is 0 Å². The van der Waals surface area contributed by atoms with Crippen LogP contribution in [0.1, 0.15) is 34.6 Å². The second kappa shape index (κ2) is 14.4. The molecular formula is C31H45ClO8Si. The summed E-state index contributed by atoms with van der Waals surface area (Å²) in [6, 6.07) is 20.8. The molecule has 2 aliphatic rings. The summed E-state index contributed by atoms with van der Waals surface area (Å²) >= 11 is 5.62. The molecule has 1 N–H and O–H groups in total. The third kappa shape index (κ3) is 7.78. The van der Waals surface area contributed by atoms with Crippen molar-refractivity contribution in [1.82, 2.24) is 0 Å². The van der Waals surface area contributed by atoms with Gasteiger partial charge in [0.05, 0.1) is 39.6 Å². The Balaban J connectivity index is 1.51. The lowest BCUT2D eigenvalue weighted by Gasteiger charge is -2.45. The highest BCUT2D eigenvalue weighted by molar-refractivity contribution is 6.99. The molecule has 0 bridgehead atoms. The van der Waals surface area contributed by atoms with Crippen LogP contribution in [0.25, 0.3) is 0 Å². The van der Waals surface area contributed by atoms with Gasteiger partial charge in [-0.25, -0.2) is 0 Å². The fraction of sp³-hybridized carbons (Fsp3) is 0.613. The standard InChI is InChI=1S/C31H45ClO8Si/c1-30(2,3)41(23-12-8-6-9-13-23,24-14-10-7-11-15-24)37-22-25-26(33)27-28(40-31(4,5)39-27)29(38-25)36-21-20-35-19-18-34-17-16-32/h6-15,25-29,33H,16-22H2,1-5H3/t25-,26-,27+,28+,29+/m1/s1. The van der Waals surface area contributed by atoms with E-state index in [4.69, 9.17) is 44.4 Å². The maximum Gasteiger partial charge on any atom is 0.261 e. The Labute approximate surface area is 250 Å². The average Bonchev–Trinajstić information content (AvgIpc) is 3.28. The van der Waals surface area contributed by atoms with Gasteiger partial charge >= 0.3 is 0 Å². The van der Waals surface area contributed by atoms with Crippen LogP contribution < -0.4 is 10.4 Å². The fourth-order valence-corrected chi connectivity index (χ4v) is 10.4. The fourth-order valence-electron chi connectivity index (χ4n) is 5.67. The predicted molar refractivity (Wildman–Crippen MR) is 160 cm³/mol. The van der Waals surface area contributed by atoms with Gasteiger partial charge in [-0.1, -0.05) is 81.4 Å². The third-order valence-electron chi connectivity index (χ3n) is 7.44. The number of aliphatic hydroxyl groups is 1. The van der Waals surface area contributed by atoms with E-state index < -0.39 is 44.8 Å². The highest BCUT2D eigenvalue weighted by Crippen LogP contribution is 2.40. The topological polar surface area (TPSA) is 84.8 Å². The van der Waals surface area contributed by atoms with Crippen LogP contribution in [-0.2, 0) is 32.8 Å². The number of fused-ring (bicyclic) bond motifs is 1. The minimum atomic E-state index is -2.84. The number of benzene rings is 2. The highest BCUT2D eigenvalue weighted by atomic mass is 35.5. The van der Waals surface area contributed by atoms with Gasteiger partial charge in [-0.3, -0.25) is 0 Å². The predicted octanol–water partition coefficient (Wildman–Crippen LogP) is 3.46. The maximum absolute atomic E-state index is 11.4. The Morgan fingerprint density at radius 1 is 0.829 bits per heavy atom. The van der Waals surface area contributed by atoms with E-state index in [9.17, 15) is 5.11 Å². The third-order valence-corrected chi connectivity index (χ3v) is 12.6. The van der Waals surface area contributed by atoms with Gasteiger partial charge in [0.2, 0.25) is 0 Å². The monoisotopic (exact) mass is 608 g/mol. The van der Waals surface area contributed by atoms with Crippen LogP contribution in [-0.4, -0.2) is 95.4 Å². The molecule has 0 aromatic heterocycles. The quantitative estimate of drug-likeness (QED) is 0.198. The van der Waals surface area contributed by atoms with Gasteiger partial charge in [-0.2, -0.15) is 0 Å². The zero-order chi connectivity index (χ0) is 29.5. The van der Waals surface area contributed by atoms with E-state index in [2.05, 4.69) is 45.0 Å². The lowest BCUT2D eigenvalue weighted by Crippen LogP contribution is -2.68. The number of halogens is 1. The summed E-state index contributed by atoms with van der Waals surface area (Å²) in [5.74, 6) is -0.429. The summed E-state index contributed by atoms with van der Waals surface area (Å²) in [5.41, 5.74) is 0. The number of hydrogen-bond donors (Lipinski definition) is 1. The van der Waals surface area contributed by atoms with E-state index in [0.29, 0.717) is 32.3 Å². The lowest BCUT2D eigenvalue weighted by atomic mass is 9.99. The number of aliphatic hydroxyl groups excluding tert-OH is 1. The van der Waals surface area contributed by atoms with Gasteiger partial charge in [-0.15, -0.1) is 11.6 Å². The van der Waals surface area contributed by atoms with Gasteiger partial charge < -0.3 is 38.0 Å². The first-order valence-electron chi connectivity index (χ1n) is 14.4. The molecule has 5 atom stereocenters. The maximum atomic E-state index is 11.4. The molecule has 2 aromatic carbocycles. The number of rotatable bonds is 14. The summed E-state index contributed by atoms with van der Waals surface area (Å²) in [5, 5.41) is 13.5. The lowest BCUT2D eigenvalue weighted by molar-refractivity contribution is -0.281. The summed E-state index contributed by atoms with van der Waals surface area (Å²) < 4.78 is 42.7. The van der Waals surface area contributed by atoms with Crippen LogP contribution in [0, 0.1) is 0 Å². The molecule has 0 unspecified atom stereocenters. The Kier molecular flexibility index (Phi) is 11.4. The van der Waals surface area contributed by atoms with Crippen molar-refractivity contribution in [2.45, 2.75) is 76.1 Å². The van der Waals surface area contributed by atoms with Crippen LogP contribution >= 0.6 is 11.6 Å². The Hall–Kier alpha value is -1.37. The van der Waals surface area contributed by atoms with Crippen molar-refractivity contribution in [1.29, 1.82) is 0 Å². The molecular weight excluding hydrogens is 564 g/mol. The summed E-state index contributed by atoms with van der Waals surface area (Å²) in [7, 11) is -2.84. The van der Waals surface area contributed by atoms with E-state index in [1.807, 2.05) is 50.2 Å². The molecule has 41 heavy (non-hydrogen) atoms. The van der Waals surface area contributed by atoms with Gasteiger partial charge in [0.1, 0.15) is 24.4 Å². The molecule has 0 spiro atoms. The van der Waals surface area contributed by atoms with Crippen molar-refractivity contribution >= 4 is 30.3 Å². The molecule has 10 heteroatoms. The van der Waals surface area contributed by atoms with Crippen molar-refractivity contribution in [2.75, 3.05) is 45.5 Å². The van der Waals surface area contributed by atoms with Crippen LogP contribution in [0.2, 0.25) is 5.04 Å². The van der Waals surface area contributed by atoms with E-state index in [1.165, 1.54) is 0 Å². The van der Waals surface area contributed by atoms with Crippen molar-refractivity contribution < 1.29 is 38.0 Å². The highest BCUT2D eigenvalue weighted by Gasteiger charge is 2.57. The summed E-state index contributed by atoms with van der Waals surface area (Å²) in [4.78, 5) is 0. The van der Waals surface area contributed by atoms with Gasteiger partial charge in [0, 0.05) is 5.88 Å². The van der Waals surface area contributed by atoms with E-state index in [0.717, 1.165) is 10.4 Å². The Morgan fingerprint density at radius 3 is 1.93 bits per heavy atom. The largest absolute Gasteiger partial charge is 0.405 e. The van der Waals surface area contributed by atoms with Crippen LogP contribution in [0.3, 0.4) is 0 Å². The first kappa shape index (κ1) is 32.5. The van der Waals surface area contributed by atoms with E-state index in [-0.39, 0.29) is 18.3 Å². The first-order valence-corrected chi connectivity index (χ1v) is 16.8. The van der Waals surface area contributed by atoms with E-state index >= 15 is 0 Å². The van der Waals surface area contributed by atoms with Crippen molar-refractivity contribution in [3.05, 3.63) is 60.7 Å². The minimum absolute atomic E-state index is 0.162. The van der Waals surface area contributed by atoms with Gasteiger partial charge in [0.15, 0.2) is 12.1 Å². The van der Waals surface area contributed by atoms with Gasteiger partial charge in [0.25, 0.3) is 8.32 Å². The molecule has 0 radical (unpaired) electrons. The van der Waals surface area contributed by atoms with Crippen molar-refractivity contribution in [3.8, 4) is 0 Å². The average molecular weight is 609 g/mol. The Bertz CT molecular complexity index is 1010. The number of alkyl halides is 1. The molecule has 2 fully saturated rings. The minimum Gasteiger partial charge on any atom is -0.405 e. The SMILES string of the molecule is CC1(C)O[C@@H]2[C@@H](OCCOCCOCCCl)O[C@H](CO[Si](c3ccccc3)(c3ccccc3)C(C)(C)C)[C@@H](O)[C@@H]2O1. The second-order valence-corrected chi connectivity index (χ2v) is 16.5. The molecule has 8 nitrogen and oxygen atoms in total. The smallest absolute Gasteiger partial charge is 0.261 e. The second-order valence-electron chi connectivity index (χ2n) is 11.9. The van der Waals surface area contributed by atoms with Crippen LogP contribution in [0.4, 0.5) is 0 Å².